The Bertz CT molecular complexity index is 728. The van der Waals surface area contributed by atoms with Crippen LogP contribution in [-0.2, 0) is 15.8 Å². The SMILES string of the molecule is O=C1[C@@H]2[C@H](C(=O)N1c1cc(C(F)(F)F)ccc1Cl)[C@H]1C=C[C@@H]2C1. The van der Waals surface area contributed by atoms with Crippen molar-refractivity contribution < 1.29 is 22.8 Å². The average Bonchev–Trinajstić information content (AvgIpc) is 3.13. The van der Waals surface area contributed by atoms with Gasteiger partial charge >= 0.3 is 6.18 Å². The number of benzene rings is 1. The predicted molar refractivity (Wildman–Crippen MR) is 76.7 cm³/mol. The molecular weight excluding hydrogens is 331 g/mol. The van der Waals surface area contributed by atoms with Gasteiger partial charge in [-0.05, 0) is 36.5 Å². The molecule has 3 nitrogen and oxygen atoms in total. The van der Waals surface area contributed by atoms with E-state index in [1.54, 1.807) is 0 Å². The molecule has 120 valence electrons. The molecule has 2 bridgehead atoms. The lowest BCUT2D eigenvalue weighted by molar-refractivity contribution is -0.137. The number of nitrogens with zero attached hydrogens (tertiary/aromatic N) is 1. The molecular formula is C16H11ClF3NO2. The van der Waals surface area contributed by atoms with Crippen molar-refractivity contribution in [2.75, 3.05) is 4.90 Å². The van der Waals surface area contributed by atoms with E-state index >= 15 is 0 Å². The molecule has 3 aliphatic rings. The number of hydrogen-bond acceptors (Lipinski definition) is 2. The van der Waals surface area contributed by atoms with Crippen LogP contribution in [0.5, 0.6) is 0 Å². The van der Waals surface area contributed by atoms with Crippen LogP contribution in [0.1, 0.15) is 12.0 Å². The summed E-state index contributed by atoms with van der Waals surface area (Å²) in [5, 5.41) is -0.0417. The lowest BCUT2D eigenvalue weighted by Gasteiger charge is -2.20. The zero-order valence-electron chi connectivity index (χ0n) is 11.7. The molecule has 2 amide bonds. The van der Waals surface area contributed by atoms with Crippen molar-refractivity contribution >= 4 is 29.1 Å². The number of alkyl halides is 3. The summed E-state index contributed by atoms with van der Waals surface area (Å²) < 4.78 is 38.7. The normalized spacial score (nSPS) is 32.1. The minimum absolute atomic E-state index is 0.00368. The van der Waals surface area contributed by atoms with Crippen LogP contribution in [-0.4, -0.2) is 11.8 Å². The Labute approximate surface area is 134 Å². The van der Waals surface area contributed by atoms with Crippen LogP contribution in [0.4, 0.5) is 18.9 Å². The predicted octanol–water partition coefficient (Wildman–Crippen LogP) is 3.67. The Balaban J connectivity index is 1.78. The van der Waals surface area contributed by atoms with E-state index < -0.39 is 35.4 Å². The Kier molecular flexibility index (Phi) is 2.95. The number of fused-ring (bicyclic) bond motifs is 5. The topological polar surface area (TPSA) is 37.4 Å². The van der Waals surface area contributed by atoms with Crippen molar-refractivity contribution in [2.24, 2.45) is 23.7 Å². The van der Waals surface area contributed by atoms with Crippen LogP contribution in [0.2, 0.25) is 5.02 Å². The Morgan fingerprint density at radius 2 is 1.61 bits per heavy atom. The summed E-state index contributed by atoms with van der Waals surface area (Å²) in [5.41, 5.74) is -1.11. The lowest BCUT2D eigenvalue weighted by atomic mass is 9.85. The van der Waals surface area contributed by atoms with E-state index in [4.69, 9.17) is 11.6 Å². The number of carbonyl (C=O) groups excluding carboxylic acids is 2. The van der Waals surface area contributed by atoms with Crippen molar-refractivity contribution in [1.29, 1.82) is 0 Å². The van der Waals surface area contributed by atoms with Crippen LogP contribution in [0, 0.1) is 23.7 Å². The van der Waals surface area contributed by atoms with Crippen LogP contribution < -0.4 is 4.90 Å². The maximum absolute atomic E-state index is 12.9. The molecule has 1 saturated carbocycles. The standard InChI is InChI=1S/C16H11ClF3NO2/c17-10-4-3-9(16(18,19)20)6-11(10)21-14(22)12-7-1-2-8(5-7)13(12)15(21)23/h1-4,6-8,12-13H,5H2/t7-,8+,12+,13-. The van der Waals surface area contributed by atoms with E-state index in [1.807, 2.05) is 12.2 Å². The van der Waals surface area contributed by atoms with E-state index in [2.05, 4.69) is 0 Å². The number of amides is 2. The molecule has 7 heteroatoms. The highest BCUT2D eigenvalue weighted by Crippen LogP contribution is 2.53. The van der Waals surface area contributed by atoms with Gasteiger partial charge in [-0.15, -0.1) is 0 Å². The van der Waals surface area contributed by atoms with Crippen molar-refractivity contribution in [3.63, 3.8) is 0 Å². The van der Waals surface area contributed by atoms with Gasteiger partial charge in [-0.1, -0.05) is 23.8 Å². The molecule has 2 fully saturated rings. The zero-order valence-corrected chi connectivity index (χ0v) is 12.4. The average molecular weight is 342 g/mol. The monoisotopic (exact) mass is 341 g/mol. The first kappa shape index (κ1) is 14.8. The summed E-state index contributed by atoms with van der Waals surface area (Å²) in [4.78, 5) is 26.1. The molecule has 2 aliphatic carbocycles. The first-order valence-electron chi connectivity index (χ1n) is 7.22. The molecule has 4 rings (SSSR count). The van der Waals surface area contributed by atoms with Crippen LogP contribution in [0.3, 0.4) is 0 Å². The second-order valence-electron chi connectivity index (χ2n) is 6.18. The second-order valence-corrected chi connectivity index (χ2v) is 6.58. The summed E-state index contributed by atoms with van der Waals surface area (Å²) in [6.45, 7) is 0. The summed E-state index contributed by atoms with van der Waals surface area (Å²) >= 11 is 5.97. The van der Waals surface area contributed by atoms with Gasteiger partial charge in [-0.25, -0.2) is 4.90 Å². The van der Waals surface area contributed by atoms with Crippen molar-refractivity contribution in [3.8, 4) is 0 Å². The Morgan fingerprint density at radius 1 is 1.04 bits per heavy atom. The van der Waals surface area contributed by atoms with Gasteiger partial charge in [0.2, 0.25) is 11.8 Å². The first-order valence-corrected chi connectivity index (χ1v) is 7.59. The molecule has 0 radical (unpaired) electrons. The van der Waals surface area contributed by atoms with Gasteiger partial charge < -0.3 is 0 Å². The number of carbonyl (C=O) groups is 2. The van der Waals surface area contributed by atoms with Gasteiger partial charge in [0, 0.05) is 0 Å². The van der Waals surface area contributed by atoms with Crippen molar-refractivity contribution in [2.45, 2.75) is 12.6 Å². The number of rotatable bonds is 1. The number of imide groups is 1. The third kappa shape index (κ3) is 1.97. The third-order valence-corrected chi connectivity index (χ3v) is 5.30. The maximum atomic E-state index is 12.9. The molecule has 1 saturated heterocycles. The largest absolute Gasteiger partial charge is 0.416 e. The van der Waals surface area contributed by atoms with Crippen LogP contribution >= 0.6 is 11.6 Å². The maximum Gasteiger partial charge on any atom is 0.416 e. The van der Waals surface area contributed by atoms with Crippen LogP contribution in [0.25, 0.3) is 0 Å². The number of halogens is 4. The minimum Gasteiger partial charge on any atom is -0.274 e. The smallest absolute Gasteiger partial charge is 0.274 e. The van der Waals surface area contributed by atoms with Gasteiger partial charge in [0.25, 0.3) is 0 Å². The minimum atomic E-state index is -4.57. The molecule has 1 aliphatic heterocycles. The summed E-state index contributed by atoms with van der Waals surface area (Å²) in [7, 11) is 0. The fourth-order valence-corrected chi connectivity index (χ4v) is 4.20. The Hall–Kier alpha value is -1.82. The molecule has 0 N–H and O–H groups in total. The van der Waals surface area contributed by atoms with Gasteiger partial charge in [-0.2, -0.15) is 13.2 Å². The van der Waals surface area contributed by atoms with Gasteiger partial charge in [0.1, 0.15) is 0 Å². The molecule has 1 aromatic carbocycles. The molecule has 1 heterocycles. The van der Waals surface area contributed by atoms with Crippen molar-refractivity contribution in [1.82, 2.24) is 0 Å². The van der Waals surface area contributed by atoms with Gasteiger partial charge in [0.15, 0.2) is 0 Å². The van der Waals surface area contributed by atoms with Crippen LogP contribution in [0.15, 0.2) is 30.4 Å². The molecule has 0 unspecified atom stereocenters. The van der Waals surface area contributed by atoms with Gasteiger partial charge in [-0.3, -0.25) is 9.59 Å². The highest BCUT2D eigenvalue weighted by Gasteiger charge is 2.59. The summed E-state index contributed by atoms with van der Waals surface area (Å²) in [6, 6.07) is 2.68. The van der Waals surface area contributed by atoms with E-state index in [0.717, 1.165) is 29.5 Å². The van der Waals surface area contributed by atoms with E-state index in [-0.39, 0.29) is 22.5 Å². The fourth-order valence-electron chi connectivity index (χ4n) is 4.00. The van der Waals surface area contributed by atoms with E-state index in [0.29, 0.717) is 0 Å². The third-order valence-electron chi connectivity index (χ3n) is 4.98. The molecule has 23 heavy (non-hydrogen) atoms. The highest BCUT2D eigenvalue weighted by molar-refractivity contribution is 6.36. The summed E-state index contributed by atoms with van der Waals surface area (Å²) in [6.07, 6.45) is 0.0428. The Morgan fingerprint density at radius 3 is 2.13 bits per heavy atom. The lowest BCUT2D eigenvalue weighted by Crippen LogP contribution is -2.33. The summed E-state index contributed by atoms with van der Waals surface area (Å²) in [5.74, 6) is -1.84. The number of anilines is 1. The second kappa shape index (κ2) is 4.60. The van der Waals surface area contributed by atoms with Gasteiger partial charge in [0.05, 0.1) is 28.1 Å². The number of hydrogen-bond donors (Lipinski definition) is 0. The highest BCUT2D eigenvalue weighted by atomic mass is 35.5. The zero-order chi connectivity index (χ0) is 16.5. The first-order chi connectivity index (χ1) is 10.8. The van der Waals surface area contributed by atoms with Crippen molar-refractivity contribution in [3.05, 3.63) is 40.9 Å². The molecule has 4 atom stereocenters. The quantitative estimate of drug-likeness (QED) is 0.577. The van der Waals surface area contributed by atoms with E-state index in [1.165, 1.54) is 0 Å². The molecule has 0 aromatic heterocycles. The number of allylic oxidation sites excluding steroid dienone is 2. The molecule has 1 aromatic rings. The molecule has 0 spiro atoms. The fraction of sp³-hybridized carbons (Fsp3) is 0.375. The van der Waals surface area contributed by atoms with E-state index in [9.17, 15) is 22.8 Å².